The van der Waals surface area contributed by atoms with E-state index in [1.165, 1.54) is 12.3 Å². The van der Waals surface area contributed by atoms with E-state index in [-0.39, 0.29) is 17.2 Å². The van der Waals surface area contributed by atoms with Gasteiger partial charge < -0.3 is 15.5 Å². The van der Waals surface area contributed by atoms with E-state index in [1.807, 2.05) is 13.8 Å². The van der Waals surface area contributed by atoms with E-state index in [1.54, 1.807) is 0 Å². The van der Waals surface area contributed by atoms with E-state index in [0.717, 1.165) is 6.20 Å². The second-order valence-electron chi connectivity index (χ2n) is 4.39. The summed E-state index contributed by atoms with van der Waals surface area (Å²) in [6.07, 6.45) is 2.81. The fourth-order valence-electron chi connectivity index (χ4n) is 1.51. The first kappa shape index (κ1) is 14.0. The van der Waals surface area contributed by atoms with E-state index in [0.29, 0.717) is 6.42 Å². The van der Waals surface area contributed by atoms with Gasteiger partial charge in [-0.05, 0) is 18.4 Å². The van der Waals surface area contributed by atoms with E-state index in [4.69, 9.17) is 5.11 Å². The number of carboxylic acids is 1. The quantitative estimate of drug-likeness (QED) is 0.726. The normalized spacial score (nSPS) is 12.2. The van der Waals surface area contributed by atoms with Crippen molar-refractivity contribution in [1.82, 2.24) is 10.3 Å². The van der Waals surface area contributed by atoms with Gasteiger partial charge in [-0.2, -0.15) is 0 Å². The fourth-order valence-corrected chi connectivity index (χ4v) is 1.51. The molecule has 6 nitrogen and oxygen atoms in total. The minimum Gasteiger partial charge on any atom is -0.505 e. The Morgan fingerprint density at radius 1 is 1.44 bits per heavy atom. The molecule has 1 atom stereocenters. The van der Waals surface area contributed by atoms with Crippen LogP contribution in [-0.2, 0) is 4.79 Å². The van der Waals surface area contributed by atoms with E-state index >= 15 is 0 Å². The van der Waals surface area contributed by atoms with Crippen LogP contribution in [0.3, 0.4) is 0 Å². The van der Waals surface area contributed by atoms with Gasteiger partial charge in [0.15, 0.2) is 0 Å². The number of nitrogens with one attached hydrogen (secondary N) is 1. The van der Waals surface area contributed by atoms with E-state index in [2.05, 4.69) is 10.3 Å². The smallest absolute Gasteiger partial charge is 0.326 e. The molecule has 0 bridgehead atoms. The molecular formula is C12H16N2O4. The van der Waals surface area contributed by atoms with Gasteiger partial charge in [-0.15, -0.1) is 0 Å². The van der Waals surface area contributed by atoms with Crippen LogP contribution in [0.15, 0.2) is 18.5 Å². The summed E-state index contributed by atoms with van der Waals surface area (Å²) in [5.74, 6) is -1.85. The molecule has 0 fully saturated rings. The molecule has 1 heterocycles. The Labute approximate surface area is 105 Å². The molecule has 0 saturated heterocycles. The van der Waals surface area contributed by atoms with Crippen molar-refractivity contribution >= 4 is 11.9 Å². The van der Waals surface area contributed by atoms with Crippen molar-refractivity contribution in [3.63, 3.8) is 0 Å². The maximum atomic E-state index is 11.8. The van der Waals surface area contributed by atoms with Crippen LogP contribution in [0.4, 0.5) is 0 Å². The van der Waals surface area contributed by atoms with Crippen molar-refractivity contribution in [2.45, 2.75) is 26.3 Å². The molecule has 3 N–H and O–H groups in total. The number of hydrogen-bond acceptors (Lipinski definition) is 4. The predicted molar refractivity (Wildman–Crippen MR) is 64.2 cm³/mol. The molecular weight excluding hydrogens is 236 g/mol. The molecule has 0 aliphatic heterocycles. The molecule has 1 rings (SSSR count). The van der Waals surface area contributed by atoms with Gasteiger partial charge in [-0.1, -0.05) is 13.8 Å². The number of carbonyl (C=O) groups is 2. The van der Waals surface area contributed by atoms with Gasteiger partial charge in [0.1, 0.15) is 11.8 Å². The summed E-state index contributed by atoms with van der Waals surface area (Å²) >= 11 is 0. The highest BCUT2D eigenvalue weighted by Crippen LogP contribution is 2.14. The number of aliphatic carboxylic acids is 1. The summed E-state index contributed by atoms with van der Waals surface area (Å²) in [5, 5.41) is 20.8. The lowest BCUT2D eigenvalue weighted by Gasteiger charge is -2.16. The first-order chi connectivity index (χ1) is 8.41. The van der Waals surface area contributed by atoms with Crippen molar-refractivity contribution in [2.24, 2.45) is 5.92 Å². The molecule has 0 spiro atoms. The topological polar surface area (TPSA) is 99.5 Å². The Kier molecular flexibility index (Phi) is 4.65. The Bertz CT molecular complexity index is 445. The number of aromatic nitrogens is 1. The van der Waals surface area contributed by atoms with E-state index in [9.17, 15) is 14.7 Å². The second-order valence-corrected chi connectivity index (χ2v) is 4.39. The van der Waals surface area contributed by atoms with Crippen LogP contribution in [0, 0.1) is 5.92 Å². The van der Waals surface area contributed by atoms with Crippen LogP contribution in [0.2, 0.25) is 0 Å². The van der Waals surface area contributed by atoms with Crippen molar-refractivity contribution in [1.29, 1.82) is 0 Å². The predicted octanol–water partition coefficient (Wildman–Crippen LogP) is 1.02. The van der Waals surface area contributed by atoms with E-state index < -0.39 is 17.9 Å². The summed E-state index contributed by atoms with van der Waals surface area (Å²) in [5.41, 5.74) is 0.0139. The van der Waals surface area contributed by atoms with Gasteiger partial charge in [0.2, 0.25) is 0 Å². The van der Waals surface area contributed by atoms with Crippen LogP contribution in [0.25, 0.3) is 0 Å². The standard InChI is InChI=1S/C12H16N2O4/c1-7(2)5-9(12(17)18)14-11(16)8-3-4-13-6-10(8)15/h3-4,6-7,9,15H,5H2,1-2H3,(H,14,16)(H,17,18). The molecule has 18 heavy (non-hydrogen) atoms. The van der Waals surface area contributed by atoms with Crippen LogP contribution in [-0.4, -0.2) is 33.1 Å². The first-order valence-corrected chi connectivity index (χ1v) is 5.58. The molecule has 1 aromatic heterocycles. The van der Waals surface area contributed by atoms with Crippen molar-refractivity contribution in [2.75, 3.05) is 0 Å². The van der Waals surface area contributed by atoms with Gasteiger partial charge in [0.25, 0.3) is 5.91 Å². The molecule has 0 aromatic carbocycles. The highest BCUT2D eigenvalue weighted by Gasteiger charge is 2.22. The number of pyridine rings is 1. The molecule has 0 aliphatic carbocycles. The number of carboxylic acid groups (broad SMARTS) is 1. The third-order valence-electron chi connectivity index (χ3n) is 2.36. The van der Waals surface area contributed by atoms with Crippen molar-refractivity contribution < 1.29 is 19.8 Å². The Hall–Kier alpha value is -2.11. The summed E-state index contributed by atoms with van der Waals surface area (Å²) < 4.78 is 0. The van der Waals surface area contributed by atoms with Gasteiger partial charge >= 0.3 is 5.97 Å². The molecule has 1 amide bonds. The minimum atomic E-state index is -1.09. The lowest BCUT2D eigenvalue weighted by molar-refractivity contribution is -0.139. The van der Waals surface area contributed by atoms with Crippen molar-refractivity contribution in [3.05, 3.63) is 24.0 Å². The monoisotopic (exact) mass is 252 g/mol. The van der Waals surface area contributed by atoms with Gasteiger partial charge in [0, 0.05) is 6.20 Å². The average Bonchev–Trinajstić information content (AvgIpc) is 2.27. The molecule has 1 aromatic rings. The molecule has 1 unspecified atom stereocenters. The molecule has 0 aliphatic rings. The Balaban J connectivity index is 2.79. The summed E-state index contributed by atoms with van der Waals surface area (Å²) in [6.45, 7) is 3.73. The SMILES string of the molecule is CC(C)CC(NC(=O)c1ccncc1O)C(=O)O. The molecule has 98 valence electrons. The lowest BCUT2D eigenvalue weighted by atomic mass is 10.0. The summed E-state index contributed by atoms with van der Waals surface area (Å²) in [7, 11) is 0. The van der Waals surface area contributed by atoms with Crippen LogP contribution >= 0.6 is 0 Å². The average molecular weight is 252 g/mol. The van der Waals surface area contributed by atoms with Gasteiger partial charge in [-0.3, -0.25) is 9.78 Å². The number of aromatic hydroxyl groups is 1. The fraction of sp³-hybridized carbons (Fsp3) is 0.417. The molecule has 0 saturated carbocycles. The minimum absolute atomic E-state index is 0.0139. The maximum absolute atomic E-state index is 11.8. The number of rotatable bonds is 5. The molecule has 0 radical (unpaired) electrons. The van der Waals surface area contributed by atoms with Crippen molar-refractivity contribution in [3.8, 4) is 5.75 Å². The maximum Gasteiger partial charge on any atom is 0.326 e. The number of hydrogen-bond donors (Lipinski definition) is 3. The van der Waals surface area contributed by atoms with Crippen LogP contribution < -0.4 is 5.32 Å². The molecule has 6 heteroatoms. The van der Waals surface area contributed by atoms with Gasteiger partial charge in [-0.25, -0.2) is 4.79 Å². The summed E-state index contributed by atoms with van der Waals surface area (Å²) in [6, 6.07) is 0.365. The Morgan fingerprint density at radius 3 is 2.61 bits per heavy atom. The third kappa shape index (κ3) is 3.73. The first-order valence-electron chi connectivity index (χ1n) is 5.58. The zero-order valence-corrected chi connectivity index (χ0v) is 10.3. The highest BCUT2D eigenvalue weighted by molar-refractivity contribution is 5.98. The zero-order chi connectivity index (χ0) is 13.7. The Morgan fingerprint density at radius 2 is 2.11 bits per heavy atom. The second kappa shape index (κ2) is 6.00. The zero-order valence-electron chi connectivity index (χ0n) is 10.3. The lowest BCUT2D eigenvalue weighted by Crippen LogP contribution is -2.41. The number of carbonyl (C=O) groups excluding carboxylic acids is 1. The third-order valence-corrected chi connectivity index (χ3v) is 2.36. The van der Waals surface area contributed by atoms with Crippen LogP contribution in [0.5, 0.6) is 5.75 Å². The largest absolute Gasteiger partial charge is 0.505 e. The number of amides is 1. The number of nitrogens with zero attached hydrogens (tertiary/aromatic N) is 1. The van der Waals surface area contributed by atoms with Crippen LogP contribution in [0.1, 0.15) is 30.6 Å². The van der Waals surface area contributed by atoms with Gasteiger partial charge in [0.05, 0.1) is 11.8 Å². The summed E-state index contributed by atoms with van der Waals surface area (Å²) in [4.78, 5) is 26.4. The highest BCUT2D eigenvalue weighted by atomic mass is 16.4.